The van der Waals surface area contributed by atoms with Gasteiger partial charge in [0.1, 0.15) is 0 Å². The molecule has 4 nitrogen and oxygen atoms in total. The molecule has 25 heavy (non-hydrogen) atoms. The minimum atomic E-state index is -0.157. The standard InChI is InChI=1S/C19H19Cl2NO3/c1-22(12-14-7-9-15(20)11-16(14)21)18(23)10-8-13-5-4-6-17(24-2)19(13)25-3/h4-11H,12H2,1-3H3/b10-8+. The van der Waals surface area contributed by atoms with E-state index in [2.05, 4.69) is 0 Å². The zero-order valence-electron chi connectivity index (χ0n) is 14.3. The number of ether oxygens (including phenoxy) is 2. The van der Waals surface area contributed by atoms with Crippen molar-refractivity contribution in [3.63, 3.8) is 0 Å². The van der Waals surface area contributed by atoms with Crippen LogP contribution in [0.1, 0.15) is 11.1 Å². The van der Waals surface area contributed by atoms with Crippen LogP contribution in [0, 0.1) is 0 Å². The first-order valence-electron chi connectivity index (χ1n) is 7.54. The Kier molecular flexibility index (Phi) is 6.73. The molecule has 0 atom stereocenters. The van der Waals surface area contributed by atoms with Crippen molar-refractivity contribution in [2.24, 2.45) is 0 Å². The number of hydrogen-bond donors (Lipinski definition) is 0. The molecule has 0 spiro atoms. The Morgan fingerprint density at radius 2 is 1.92 bits per heavy atom. The fraction of sp³-hybridized carbons (Fsp3) is 0.211. The third kappa shape index (κ3) is 4.91. The highest BCUT2D eigenvalue weighted by Crippen LogP contribution is 2.31. The van der Waals surface area contributed by atoms with Crippen molar-refractivity contribution in [3.05, 3.63) is 63.6 Å². The van der Waals surface area contributed by atoms with E-state index in [0.29, 0.717) is 28.1 Å². The molecule has 0 fully saturated rings. The van der Waals surface area contributed by atoms with Gasteiger partial charge in [0.2, 0.25) is 5.91 Å². The average molecular weight is 380 g/mol. The summed E-state index contributed by atoms with van der Waals surface area (Å²) in [6.45, 7) is 0.383. The molecule has 2 rings (SSSR count). The van der Waals surface area contributed by atoms with Crippen molar-refractivity contribution in [1.82, 2.24) is 4.90 Å². The van der Waals surface area contributed by atoms with Crippen molar-refractivity contribution < 1.29 is 14.3 Å². The predicted octanol–water partition coefficient (Wildman–Crippen LogP) is 4.68. The molecule has 0 aliphatic carbocycles. The molecule has 1 amide bonds. The summed E-state index contributed by atoms with van der Waals surface area (Å²) in [4.78, 5) is 13.9. The summed E-state index contributed by atoms with van der Waals surface area (Å²) in [5.74, 6) is 1.03. The molecule has 0 radical (unpaired) electrons. The quantitative estimate of drug-likeness (QED) is 0.683. The van der Waals surface area contributed by atoms with E-state index in [4.69, 9.17) is 32.7 Å². The molecule has 0 saturated carbocycles. The van der Waals surface area contributed by atoms with Gasteiger partial charge in [-0.15, -0.1) is 0 Å². The number of nitrogens with zero attached hydrogens (tertiary/aromatic N) is 1. The Morgan fingerprint density at radius 1 is 1.16 bits per heavy atom. The monoisotopic (exact) mass is 379 g/mol. The van der Waals surface area contributed by atoms with Crippen LogP contribution in [0.2, 0.25) is 10.0 Å². The lowest BCUT2D eigenvalue weighted by Gasteiger charge is -2.16. The first kappa shape index (κ1) is 19.2. The van der Waals surface area contributed by atoms with Gasteiger partial charge in [0.25, 0.3) is 0 Å². The van der Waals surface area contributed by atoms with Crippen LogP contribution >= 0.6 is 23.2 Å². The van der Waals surface area contributed by atoms with Gasteiger partial charge in [0.15, 0.2) is 11.5 Å². The van der Waals surface area contributed by atoms with Crippen LogP contribution in [0.4, 0.5) is 0 Å². The topological polar surface area (TPSA) is 38.8 Å². The smallest absolute Gasteiger partial charge is 0.246 e. The van der Waals surface area contributed by atoms with Crippen LogP contribution in [0.25, 0.3) is 6.08 Å². The first-order chi connectivity index (χ1) is 12.0. The SMILES string of the molecule is COc1cccc(/C=C/C(=O)N(C)Cc2ccc(Cl)cc2Cl)c1OC. The maximum absolute atomic E-state index is 12.4. The molecule has 0 bridgehead atoms. The summed E-state index contributed by atoms with van der Waals surface area (Å²) in [6, 6.07) is 10.7. The Bertz CT molecular complexity index is 790. The predicted molar refractivity (Wildman–Crippen MR) is 102 cm³/mol. The van der Waals surface area contributed by atoms with Gasteiger partial charge in [-0.2, -0.15) is 0 Å². The van der Waals surface area contributed by atoms with Crippen molar-refractivity contribution in [1.29, 1.82) is 0 Å². The summed E-state index contributed by atoms with van der Waals surface area (Å²) in [6.07, 6.45) is 3.19. The normalized spacial score (nSPS) is 10.8. The summed E-state index contributed by atoms with van der Waals surface area (Å²) >= 11 is 12.0. The second-order valence-electron chi connectivity index (χ2n) is 5.35. The summed E-state index contributed by atoms with van der Waals surface area (Å²) in [7, 11) is 4.84. The zero-order chi connectivity index (χ0) is 18.4. The summed E-state index contributed by atoms with van der Waals surface area (Å²) in [5, 5.41) is 1.10. The molecule has 2 aromatic rings. The maximum Gasteiger partial charge on any atom is 0.246 e. The van der Waals surface area contributed by atoms with Gasteiger partial charge in [0.05, 0.1) is 14.2 Å². The lowest BCUT2D eigenvalue weighted by Crippen LogP contribution is -2.24. The molecular formula is C19H19Cl2NO3. The summed E-state index contributed by atoms with van der Waals surface area (Å²) < 4.78 is 10.6. The average Bonchev–Trinajstić information content (AvgIpc) is 2.61. The van der Waals surface area contributed by atoms with Crippen molar-refractivity contribution in [2.45, 2.75) is 6.54 Å². The van der Waals surface area contributed by atoms with E-state index in [9.17, 15) is 4.79 Å². The van der Waals surface area contributed by atoms with Gasteiger partial charge >= 0.3 is 0 Å². The number of likely N-dealkylation sites (N-methyl/N-ethyl adjacent to an activating group) is 1. The third-order valence-electron chi connectivity index (χ3n) is 3.64. The second-order valence-corrected chi connectivity index (χ2v) is 6.19. The van der Waals surface area contributed by atoms with E-state index in [0.717, 1.165) is 11.1 Å². The number of carbonyl (C=O) groups is 1. The minimum absolute atomic E-state index is 0.157. The van der Waals surface area contributed by atoms with Crippen molar-refractivity contribution >= 4 is 35.2 Å². The summed E-state index contributed by atoms with van der Waals surface area (Å²) in [5.41, 5.74) is 1.59. The number of benzene rings is 2. The van der Waals surface area contributed by atoms with E-state index in [1.165, 1.54) is 6.08 Å². The molecule has 0 saturated heterocycles. The van der Waals surface area contributed by atoms with E-state index >= 15 is 0 Å². The zero-order valence-corrected chi connectivity index (χ0v) is 15.8. The van der Waals surface area contributed by atoms with Crippen LogP contribution < -0.4 is 9.47 Å². The lowest BCUT2D eigenvalue weighted by molar-refractivity contribution is -0.125. The molecule has 0 aliphatic heterocycles. The molecule has 2 aromatic carbocycles. The highest BCUT2D eigenvalue weighted by atomic mass is 35.5. The molecule has 6 heteroatoms. The van der Waals surface area contributed by atoms with Crippen LogP contribution in [0.5, 0.6) is 11.5 Å². The first-order valence-corrected chi connectivity index (χ1v) is 8.30. The molecule has 0 unspecified atom stereocenters. The number of carbonyl (C=O) groups excluding carboxylic acids is 1. The van der Waals surface area contributed by atoms with E-state index in [1.54, 1.807) is 50.4 Å². The van der Waals surface area contributed by atoms with Gasteiger partial charge in [-0.25, -0.2) is 0 Å². The van der Waals surface area contributed by atoms with Gasteiger partial charge in [0, 0.05) is 35.3 Å². The molecule has 0 aromatic heterocycles. The number of methoxy groups -OCH3 is 2. The fourth-order valence-corrected chi connectivity index (χ4v) is 2.78. The number of halogens is 2. The maximum atomic E-state index is 12.4. The van der Waals surface area contributed by atoms with E-state index in [1.807, 2.05) is 18.2 Å². The minimum Gasteiger partial charge on any atom is -0.493 e. The molecule has 132 valence electrons. The van der Waals surface area contributed by atoms with E-state index in [-0.39, 0.29) is 5.91 Å². The molecule has 0 heterocycles. The third-order valence-corrected chi connectivity index (χ3v) is 4.22. The Balaban J connectivity index is 2.12. The van der Waals surface area contributed by atoms with Crippen LogP contribution in [0.15, 0.2) is 42.5 Å². The van der Waals surface area contributed by atoms with Crippen molar-refractivity contribution in [3.8, 4) is 11.5 Å². The Hall–Kier alpha value is -2.17. The highest BCUT2D eigenvalue weighted by Gasteiger charge is 2.11. The Labute approximate surface area is 157 Å². The van der Waals surface area contributed by atoms with Gasteiger partial charge in [-0.3, -0.25) is 4.79 Å². The second kappa shape index (κ2) is 8.79. The molecule has 0 aliphatic rings. The van der Waals surface area contributed by atoms with Gasteiger partial charge in [-0.1, -0.05) is 41.4 Å². The van der Waals surface area contributed by atoms with Crippen molar-refractivity contribution in [2.75, 3.05) is 21.3 Å². The number of amides is 1. The number of para-hydroxylation sites is 1. The molecular weight excluding hydrogens is 361 g/mol. The van der Waals surface area contributed by atoms with Gasteiger partial charge < -0.3 is 14.4 Å². The number of hydrogen-bond acceptors (Lipinski definition) is 3. The van der Waals surface area contributed by atoms with Crippen LogP contribution in [-0.2, 0) is 11.3 Å². The highest BCUT2D eigenvalue weighted by molar-refractivity contribution is 6.35. The molecule has 0 N–H and O–H groups in total. The fourth-order valence-electron chi connectivity index (χ4n) is 2.31. The van der Waals surface area contributed by atoms with Crippen LogP contribution in [0.3, 0.4) is 0 Å². The lowest BCUT2D eigenvalue weighted by atomic mass is 10.1. The van der Waals surface area contributed by atoms with Crippen LogP contribution in [-0.4, -0.2) is 32.1 Å². The Morgan fingerprint density at radius 3 is 2.56 bits per heavy atom. The number of rotatable bonds is 6. The largest absolute Gasteiger partial charge is 0.493 e. The van der Waals surface area contributed by atoms with Gasteiger partial charge in [-0.05, 0) is 29.8 Å². The van der Waals surface area contributed by atoms with E-state index < -0.39 is 0 Å².